The highest BCUT2D eigenvalue weighted by atomic mass is 32.2. The van der Waals surface area contributed by atoms with Crippen molar-refractivity contribution >= 4 is 34.2 Å². The molecule has 0 aliphatic heterocycles. The zero-order valence-corrected chi connectivity index (χ0v) is 14.8. The van der Waals surface area contributed by atoms with Crippen molar-refractivity contribution in [3.8, 4) is 0 Å². The van der Waals surface area contributed by atoms with Gasteiger partial charge in [0.2, 0.25) is 0 Å². The molecule has 0 bridgehead atoms. The number of rotatable bonds is 3. The van der Waals surface area contributed by atoms with E-state index in [1.165, 1.54) is 9.16 Å². The van der Waals surface area contributed by atoms with Crippen LogP contribution < -0.4 is 5.19 Å². The Morgan fingerprint density at radius 2 is 1.45 bits per heavy atom. The van der Waals surface area contributed by atoms with E-state index in [4.69, 9.17) is 0 Å². The molecule has 0 atom stereocenters. The molecule has 0 radical (unpaired) electrons. The molecule has 2 aromatic carbocycles. The summed E-state index contributed by atoms with van der Waals surface area (Å²) < 4.78 is 27.4. The lowest BCUT2D eigenvalue weighted by Crippen LogP contribution is -2.37. The second kappa shape index (κ2) is 5.10. The summed E-state index contributed by atoms with van der Waals surface area (Å²) in [6.07, 6.45) is 1.82. The van der Waals surface area contributed by atoms with E-state index >= 15 is 0 Å². The molecule has 3 rings (SSSR count). The third kappa shape index (κ3) is 2.40. The van der Waals surface area contributed by atoms with E-state index in [2.05, 4.69) is 19.6 Å². The number of para-hydroxylation sites is 1. The molecule has 5 heteroatoms. The van der Waals surface area contributed by atoms with E-state index in [9.17, 15) is 8.42 Å². The zero-order valence-electron chi connectivity index (χ0n) is 12.9. The van der Waals surface area contributed by atoms with Crippen molar-refractivity contribution in [2.24, 2.45) is 0 Å². The lowest BCUT2D eigenvalue weighted by atomic mass is 10.2. The molecule has 114 valence electrons. The summed E-state index contributed by atoms with van der Waals surface area (Å²) in [5.41, 5.74) is 0.753. The molecule has 1 aromatic heterocycles. The number of aromatic nitrogens is 1. The summed E-state index contributed by atoms with van der Waals surface area (Å²) in [5.74, 6) is 0. The first-order valence-electron chi connectivity index (χ1n) is 7.23. The average molecular weight is 329 g/mol. The molecule has 3 aromatic rings. The van der Waals surface area contributed by atoms with Gasteiger partial charge >= 0.3 is 0 Å². The monoisotopic (exact) mass is 329 g/mol. The van der Waals surface area contributed by atoms with Crippen LogP contribution in [-0.4, -0.2) is 20.5 Å². The van der Waals surface area contributed by atoms with Gasteiger partial charge in [-0.3, -0.25) is 0 Å². The first kappa shape index (κ1) is 15.1. The lowest BCUT2D eigenvalue weighted by molar-refractivity contribution is 0.589. The minimum Gasteiger partial charge on any atom is -0.241 e. The minimum absolute atomic E-state index is 0.317. The van der Waals surface area contributed by atoms with Crippen LogP contribution >= 0.6 is 0 Å². The molecule has 0 unspecified atom stereocenters. The van der Waals surface area contributed by atoms with E-state index in [1.54, 1.807) is 24.3 Å². The van der Waals surface area contributed by atoms with Crippen LogP contribution in [0.2, 0.25) is 19.6 Å². The Labute approximate surface area is 132 Å². The standard InChI is InChI=1S/C17H19NO2SSi/c1-22(2,3)17-13-18(16-12-8-7-11-15(16)17)21(19,20)14-9-5-4-6-10-14/h4-13H,1-3H3. The smallest absolute Gasteiger partial charge is 0.241 e. The van der Waals surface area contributed by atoms with Crippen molar-refractivity contribution < 1.29 is 8.42 Å². The normalized spacial score (nSPS) is 12.7. The Morgan fingerprint density at radius 1 is 0.864 bits per heavy atom. The van der Waals surface area contributed by atoms with Crippen LogP contribution in [0.25, 0.3) is 10.9 Å². The van der Waals surface area contributed by atoms with Crippen LogP contribution in [0.5, 0.6) is 0 Å². The van der Waals surface area contributed by atoms with Crippen LogP contribution in [0.15, 0.2) is 65.7 Å². The fourth-order valence-electron chi connectivity index (χ4n) is 2.65. The molecule has 1 heterocycles. The van der Waals surface area contributed by atoms with Crippen LogP contribution in [0, 0.1) is 0 Å². The predicted octanol–water partition coefficient (Wildman–Crippen LogP) is 3.42. The molecule has 0 spiro atoms. The quantitative estimate of drug-likeness (QED) is 0.691. The highest BCUT2D eigenvalue weighted by Crippen LogP contribution is 2.23. The van der Waals surface area contributed by atoms with Gasteiger partial charge in [-0.25, -0.2) is 12.4 Å². The molecule has 0 N–H and O–H groups in total. The molecule has 22 heavy (non-hydrogen) atoms. The minimum atomic E-state index is -3.57. The van der Waals surface area contributed by atoms with Gasteiger partial charge in [0, 0.05) is 6.20 Å². The number of hydrogen-bond donors (Lipinski definition) is 0. The number of fused-ring (bicyclic) bond motifs is 1. The van der Waals surface area contributed by atoms with Crippen LogP contribution in [-0.2, 0) is 10.0 Å². The summed E-state index contributed by atoms with van der Waals surface area (Å²) in [4.78, 5) is 0.317. The maximum absolute atomic E-state index is 13.0. The van der Waals surface area contributed by atoms with Gasteiger partial charge in [0.15, 0.2) is 0 Å². The largest absolute Gasteiger partial charge is 0.268 e. The Bertz CT molecular complexity index is 922. The fraction of sp³-hybridized carbons (Fsp3) is 0.176. The third-order valence-electron chi connectivity index (χ3n) is 3.79. The lowest BCUT2D eigenvalue weighted by Gasteiger charge is -2.14. The maximum atomic E-state index is 13.0. The van der Waals surface area contributed by atoms with E-state index < -0.39 is 18.1 Å². The molecular formula is C17H19NO2SSi. The Kier molecular flexibility index (Phi) is 3.49. The third-order valence-corrected chi connectivity index (χ3v) is 7.49. The molecule has 0 fully saturated rings. The highest BCUT2D eigenvalue weighted by molar-refractivity contribution is 7.90. The SMILES string of the molecule is C[Si](C)(C)c1cn(S(=O)(=O)c2ccccc2)c2ccccc12. The fourth-order valence-corrected chi connectivity index (χ4v) is 5.67. The van der Waals surface area contributed by atoms with Crippen LogP contribution in [0.4, 0.5) is 0 Å². The van der Waals surface area contributed by atoms with Crippen molar-refractivity contribution in [2.75, 3.05) is 0 Å². The molecule has 3 nitrogen and oxygen atoms in total. The van der Waals surface area contributed by atoms with Crippen LogP contribution in [0.3, 0.4) is 0 Å². The second-order valence-electron chi connectivity index (χ2n) is 6.42. The van der Waals surface area contributed by atoms with E-state index in [-0.39, 0.29) is 0 Å². The summed E-state index contributed by atoms with van der Waals surface area (Å²) in [6, 6.07) is 16.3. The maximum Gasteiger partial charge on any atom is 0.268 e. The van der Waals surface area contributed by atoms with Gasteiger partial charge in [-0.2, -0.15) is 0 Å². The van der Waals surface area contributed by atoms with Crippen molar-refractivity contribution in [3.63, 3.8) is 0 Å². The van der Waals surface area contributed by atoms with Crippen molar-refractivity contribution in [1.29, 1.82) is 0 Å². The molecule has 0 aliphatic rings. The Balaban J connectivity index is 2.33. The summed E-state index contributed by atoms with van der Waals surface area (Å²) >= 11 is 0. The van der Waals surface area contributed by atoms with Gasteiger partial charge in [-0.05, 0) is 28.8 Å². The number of hydrogen-bond acceptors (Lipinski definition) is 2. The van der Waals surface area contributed by atoms with Gasteiger partial charge in [0.1, 0.15) is 0 Å². The van der Waals surface area contributed by atoms with Gasteiger partial charge in [0.25, 0.3) is 10.0 Å². The first-order chi connectivity index (χ1) is 10.3. The number of benzene rings is 2. The summed E-state index contributed by atoms with van der Waals surface area (Å²) in [7, 11) is -5.21. The van der Waals surface area contributed by atoms with E-state index in [0.717, 1.165) is 10.9 Å². The van der Waals surface area contributed by atoms with Gasteiger partial charge in [-0.15, -0.1) is 0 Å². The topological polar surface area (TPSA) is 39.1 Å². The summed E-state index contributed by atoms with van der Waals surface area (Å²) in [6.45, 7) is 6.69. The molecule has 0 amide bonds. The average Bonchev–Trinajstić information content (AvgIpc) is 2.88. The molecule has 0 saturated heterocycles. The zero-order chi connectivity index (χ0) is 16.0. The van der Waals surface area contributed by atoms with Crippen molar-refractivity contribution in [1.82, 2.24) is 3.97 Å². The van der Waals surface area contributed by atoms with Crippen LogP contribution in [0.1, 0.15) is 0 Å². The van der Waals surface area contributed by atoms with E-state index in [0.29, 0.717) is 4.90 Å². The van der Waals surface area contributed by atoms with E-state index in [1.807, 2.05) is 36.5 Å². The number of nitrogens with zero attached hydrogens (tertiary/aromatic N) is 1. The Hall–Kier alpha value is -1.85. The second-order valence-corrected chi connectivity index (χ2v) is 13.3. The molecule has 0 saturated carbocycles. The molecule has 0 aliphatic carbocycles. The van der Waals surface area contributed by atoms with Gasteiger partial charge in [-0.1, -0.05) is 56.0 Å². The molecular weight excluding hydrogens is 310 g/mol. The van der Waals surface area contributed by atoms with Gasteiger partial charge < -0.3 is 0 Å². The first-order valence-corrected chi connectivity index (χ1v) is 12.2. The highest BCUT2D eigenvalue weighted by Gasteiger charge is 2.26. The summed E-state index contributed by atoms with van der Waals surface area (Å²) in [5, 5.41) is 2.21. The van der Waals surface area contributed by atoms with Gasteiger partial charge in [0.05, 0.1) is 18.5 Å². The Morgan fingerprint density at radius 3 is 2.09 bits per heavy atom. The predicted molar refractivity (Wildman–Crippen MR) is 93.9 cm³/mol. The van der Waals surface area contributed by atoms with Crippen molar-refractivity contribution in [3.05, 3.63) is 60.8 Å². The van der Waals surface area contributed by atoms with Crippen molar-refractivity contribution in [2.45, 2.75) is 24.5 Å².